The summed E-state index contributed by atoms with van der Waals surface area (Å²) in [5.41, 5.74) is 2.90. The first-order valence-electron chi connectivity index (χ1n) is 9.80. The molecule has 0 spiro atoms. The SMILES string of the molecule is CCn1c(=O)n(CCC(=O)N(Cc2cccc(Br)c2)C2CC2)c2ccccc21. The molecule has 146 valence electrons. The molecule has 5 nitrogen and oxygen atoms in total. The highest BCUT2D eigenvalue weighted by molar-refractivity contribution is 9.10. The summed E-state index contributed by atoms with van der Waals surface area (Å²) in [6.45, 7) is 3.62. The molecule has 0 saturated heterocycles. The molecule has 6 heteroatoms. The average Bonchev–Trinajstić information content (AvgIpc) is 3.49. The van der Waals surface area contributed by atoms with Gasteiger partial charge in [-0.2, -0.15) is 0 Å². The zero-order valence-electron chi connectivity index (χ0n) is 16.0. The van der Waals surface area contributed by atoms with E-state index >= 15 is 0 Å². The lowest BCUT2D eigenvalue weighted by Gasteiger charge is -2.23. The third-order valence-electron chi connectivity index (χ3n) is 5.34. The predicted molar refractivity (Wildman–Crippen MR) is 114 cm³/mol. The number of para-hydroxylation sites is 2. The van der Waals surface area contributed by atoms with Crippen LogP contribution in [0.15, 0.2) is 57.8 Å². The number of halogens is 1. The fourth-order valence-electron chi connectivity index (χ4n) is 3.78. The zero-order valence-corrected chi connectivity index (χ0v) is 17.6. The molecule has 1 fully saturated rings. The molecule has 0 bridgehead atoms. The summed E-state index contributed by atoms with van der Waals surface area (Å²) in [6, 6.07) is 16.2. The molecule has 0 aliphatic heterocycles. The number of aryl methyl sites for hydroxylation is 2. The van der Waals surface area contributed by atoms with E-state index < -0.39 is 0 Å². The first-order valence-corrected chi connectivity index (χ1v) is 10.6. The molecule has 0 N–H and O–H groups in total. The summed E-state index contributed by atoms with van der Waals surface area (Å²) in [7, 11) is 0. The van der Waals surface area contributed by atoms with Crippen molar-refractivity contribution < 1.29 is 4.79 Å². The maximum Gasteiger partial charge on any atom is 0.329 e. The second-order valence-corrected chi connectivity index (χ2v) is 8.22. The van der Waals surface area contributed by atoms with Gasteiger partial charge in [0, 0.05) is 36.6 Å². The Labute approximate surface area is 172 Å². The van der Waals surface area contributed by atoms with Crippen LogP contribution in [0.4, 0.5) is 0 Å². The number of amides is 1. The topological polar surface area (TPSA) is 47.2 Å². The predicted octanol–water partition coefficient (Wildman–Crippen LogP) is 4.17. The molecule has 1 aliphatic rings. The molecular formula is C22H24BrN3O2. The van der Waals surface area contributed by atoms with Crippen LogP contribution in [0.5, 0.6) is 0 Å². The van der Waals surface area contributed by atoms with Crippen molar-refractivity contribution in [3.8, 4) is 0 Å². The maximum absolute atomic E-state index is 13.0. The largest absolute Gasteiger partial charge is 0.335 e. The van der Waals surface area contributed by atoms with Crippen molar-refractivity contribution in [2.75, 3.05) is 0 Å². The van der Waals surface area contributed by atoms with Gasteiger partial charge in [0.05, 0.1) is 11.0 Å². The molecule has 3 aromatic rings. The lowest BCUT2D eigenvalue weighted by atomic mass is 10.2. The minimum Gasteiger partial charge on any atom is -0.335 e. The monoisotopic (exact) mass is 441 g/mol. The second kappa shape index (κ2) is 7.95. The van der Waals surface area contributed by atoms with Crippen molar-refractivity contribution in [2.45, 2.75) is 51.9 Å². The molecule has 1 saturated carbocycles. The molecule has 2 aromatic carbocycles. The van der Waals surface area contributed by atoms with Gasteiger partial charge in [-0.05, 0) is 49.6 Å². The Kier molecular flexibility index (Phi) is 5.40. The van der Waals surface area contributed by atoms with Gasteiger partial charge in [-0.25, -0.2) is 4.79 Å². The van der Waals surface area contributed by atoms with E-state index in [-0.39, 0.29) is 11.6 Å². The molecule has 0 radical (unpaired) electrons. The fourth-order valence-corrected chi connectivity index (χ4v) is 4.23. The summed E-state index contributed by atoms with van der Waals surface area (Å²) in [5, 5.41) is 0. The average molecular weight is 442 g/mol. The lowest BCUT2D eigenvalue weighted by molar-refractivity contribution is -0.132. The van der Waals surface area contributed by atoms with Gasteiger partial charge in [-0.3, -0.25) is 13.9 Å². The van der Waals surface area contributed by atoms with Crippen LogP contribution >= 0.6 is 15.9 Å². The highest BCUT2D eigenvalue weighted by Crippen LogP contribution is 2.29. The number of hydrogen-bond acceptors (Lipinski definition) is 2. The van der Waals surface area contributed by atoms with E-state index in [0.717, 1.165) is 33.9 Å². The van der Waals surface area contributed by atoms with Gasteiger partial charge in [0.1, 0.15) is 0 Å². The Morgan fingerprint density at radius 2 is 1.82 bits per heavy atom. The molecule has 1 aromatic heterocycles. The third kappa shape index (κ3) is 3.78. The number of aromatic nitrogens is 2. The van der Waals surface area contributed by atoms with Crippen LogP contribution in [0.1, 0.15) is 31.7 Å². The molecule has 28 heavy (non-hydrogen) atoms. The smallest absolute Gasteiger partial charge is 0.329 e. The second-order valence-electron chi connectivity index (χ2n) is 7.30. The minimum atomic E-state index is -0.0403. The van der Waals surface area contributed by atoms with Crippen LogP contribution in [0.25, 0.3) is 11.0 Å². The quantitative estimate of drug-likeness (QED) is 0.552. The van der Waals surface area contributed by atoms with E-state index in [1.165, 1.54) is 0 Å². The van der Waals surface area contributed by atoms with Crippen molar-refractivity contribution in [3.63, 3.8) is 0 Å². The number of carbonyl (C=O) groups is 1. The third-order valence-corrected chi connectivity index (χ3v) is 5.83. The van der Waals surface area contributed by atoms with Gasteiger partial charge in [-0.1, -0.05) is 40.2 Å². The normalized spacial score (nSPS) is 13.8. The van der Waals surface area contributed by atoms with Crippen LogP contribution in [0, 0.1) is 0 Å². The molecule has 1 aliphatic carbocycles. The number of fused-ring (bicyclic) bond motifs is 1. The van der Waals surface area contributed by atoms with E-state index in [9.17, 15) is 9.59 Å². The number of carbonyl (C=O) groups excluding carboxylic acids is 1. The van der Waals surface area contributed by atoms with E-state index in [1.807, 2.05) is 54.3 Å². The minimum absolute atomic E-state index is 0.0403. The van der Waals surface area contributed by atoms with E-state index in [4.69, 9.17) is 0 Å². The van der Waals surface area contributed by atoms with E-state index in [2.05, 4.69) is 22.0 Å². The van der Waals surface area contributed by atoms with E-state index in [0.29, 0.717) is 32.1 Å². The highest BCUT2D eigenvalue weighted by Gasteiger charge is 2.32. The lowest BCUT2D eigenvalue weighted by Crippen LogP contribution is -2.34. The molecule has 4 rings (SSSR count). The zero-order chi connectivity index (χ0) is 19.7. The number of imidazole rings is 1. The molecule has 0 atom stereocenters. The summed E-state index contributed by atoms with van der Waals surface area (Å²) < 4.78 is 4.52. The highest BCUT2D eigenvalue weighted by atomic mass is 79.9. The number of nitrogens with zero attached hydrogens (tertiary/aromatic N) is 3. The van der Waals surface area contributed by atoms with Crippen LogP contribution in [-0.2, 0) is 24.4 Å². The fraction of sp³-hybridized carbons (Fsp3) is 0.364. The van der Waals surface area contributed by atoms with Crippen LogP contribution in [0.3, 0.4) is 0 Å². The summed E-state index contributed by atoms with van der Waals surface area (Å²) in [6.07, 6.45) is 2.46. The Balaban J connectivity index is 1.52. The van der Waals surface area contributed by atoms with E-state index in [1.54, 1.807) is 9.13 Å². The molecular weight excluding hydrogens is 418 g/mol. The standard InChI is InChI=1S/C22H24BrN3O2/c1-2-24-19-8-3-4-9-20(19)25(22(24)28)13-12-21(27)26(18-10-11-18)15-16-6-5-7-17(23)14-16/h3-9,14,18H,2,10-13,15H2,1H3. The first-order chi connectivity index (χ1) is 13.6. The van der Waals surface area contributed by atoms with Crippen LogP contribution < -0.4 is 5.69 Å². The van der Waals surface area contributed by atoms with Crippen LogP contribution in [0.2, 0.25) is 0 Å². The number of benzene rings is 2. The number of rotatable bonds is 7. The molecule has 1 heterocycles. The van der Waals surface area contributed by atoms with Crippen molar-refractivity contribution >= 4 is 32.9 Å². The summed E-state index contributed by atoms with van der Waals surface area (Å²) >= 11 is 3.50. The first kappa shape index (κ1) is 19.0. The van der Waals surface area contributed by atoms with Gasteiger partial charge in [0.15, 0.2) is 0 Å². The van der Waals surface area contributed by atoms with Gasteiger partial charge < -0.3 is 4.90 Å². The van der Waals surface area contributed by atoms with Gasteiger partial charge in [-0.15, -0.1) is 0 Å². The van der Waals surface area contributed by atoms with Crippen molar-refractivity contribution in [1.82, 2.24) is 14.0 Å². The van der Waals surface area contributed by atoms with Gasteiger partial charge >= 0.3 is 5.69 Å². The molecule has 1 amide bonds. The summed E-state index contributed by atoms with van der Waals surface area (Å²) in [5.74, 6) is 0.114. The van der Waals surface area contributed by atoms with Gasteiger partial charge in [0.2, 0.25) is 5.91 Å². The number of hydrogen-bond donors (Lipinski definition) is 0. The van der Waals surface area contributed by atoms with Crippen molar-refractivity contribution in [1.29, 1.82) is 0 Å². The van der Waals surface area contributed by atoms with Gasteiger partial charge in [0.25, 0.3) is 0 Å². The summed E-state index contributed by atoms with van der Waals surface area (Å²) in [4.78, 5) is 27.8. The maximum atomic E-state index is 13.0. The Hall–Kier alpha value is -2.34. The molecule has 0 unspecified atom stereocenters. The van der Waals surface area contributed by atoms with Crippen molar-refractivity contribution in [3.05, 3.63) is 69.1 Å². The Morgan fingerprint density at radius 3 is 2.46 bits per heavy atom. The van der Waals surface area contributed by atoms with Crippen molar-refractivity contribution in [2.24, 2.45) is 0 Å². The Bertz CT molecular complexity index is 1070. The van der Waals surface area contributed by atoms with Crippen LogP contribution in [-0.4, -0.2) is 26.0 Å². The Morgan fingerprint density at radius 1 is 1.11 bits per heavy atom.